The number of allylic oxidation sites excluding steroid dienone is 12. The first kappa shape index (κ1) is 64.3. The van der Waals surface area contributed by atoms with Gasteiger partial charge in [0.2, 0.25) is 0 Å². The zero-order valence-electron chi connectivity index (χ0n) is 42.6. The Hall–Kier alpha value is -2.71. The van der Waals surface area contributed by atoms with Crippen LogP contribution in [-0.4, -0.2) is 98.3 Å². The summed E-state index contributed by atoms with van der Waals surface area (Å²) in [6.07, 6.45) is 43.8. The first-order valence-corrected chi connectivity index (χ1v) is 28.2. The second-order valence-corrected chi connectivity index (χ2v) is 19.8. The molecule has 0 aliphatic heterocycles. The number of aliphatic hydroxyl groups is 5. The minimum Gasteiger partial charge on any atom is -0.462 e. The van der Waals surface area contributed by atoms with Crippen LogP contribution in [0.15, 0.2) is 72.9 Å². The summed E-state index contributed by atoms with van der Waals surface area (Å²) < 4.78 is 33.6. The van der Waals surface area contributed by atoms with Crippen molar-refractivity contribution in [3.63, 3.8) is 0 Å². The molecule has 14 heteroatoms. The average molecular weight is 995 g/mol. The van der Waals surface area contributed by atoms with Crippen molar-refractivity contribution in [2.24, 2.45) is 0 Å². The standard InChI is InChI=1S/C55H95O13P/c1-3-5-7-9-11-13-15-17-19-21-23-24-26-28-30-32-34-36-38-40-42-44-49(57)67-47(46-66-69(63,64)68-55-53(61)51(59)50(58)52(60)54(55)62)45-65-48(56)43-41-39-37-35-33-31-29-27-25-22-20-18-16-14-12-10-8-6-4-2/h12,14,18-21,24,26,30,32,36,38,47,50-55,58-62H,3-11,13,15-17,22-23,25,27-29,31,33-35,37,39-46H2,1-2H3,(H,63,64)/b14-12+,20-18+,21-19+,26-24+,32-30+,38-36+/t47-,50?,51-,52?,53?,54?,55?/m1/s1. The first-order chi connectivity index (χ1) is 33.4. The van der Waals surface area contributed by atoms with E-state index in [2.05, 4.69) is 74.6 Å². The summed E-state index contributed by atoms with van der Waals surface area (Å²) in [6.45, 7) is 3.24. The third kappa shape index (κ3) is 36.0. The summed E-state index contributed by atoms with van der Waals surface area (Å²) in [7, 11) is -5.14. The molecule has 6 N–H and O–H groups in total. The minimum absolute atomic E-state index is 0.0173. The van der Waals surface area contributed by atoms with Crippen LogP contribution < -0.4 is 0 Å². The second kappa shape index (κ2) is 44.0. The van der Waals surface area contributed by atoms with E-state index in [1.54, 1.807) is 0 Å². The number of aliphatic hydroxyl groups excluding tert-OH is 5. The van der Waals surface area contributed by atoms with Gasteiger partial charge in [0.15, 0.2) is 6.10 Å². The van der Waals surface area contributed by atoms with Crippen molar-refractivity contribution in [1.29, 1.82) is 0 Å². The van der Waals surface area contributed by atoms with E-state index >= 15 is 0 Å². The zero-order valence-corrected chi connectivity index (χ0v) is 43.5. The van der Waals surface area contributed by atoms with E-state index in [0.717, 1.165) is 64.2 Å². The van der Waals surface area contributed by atoms with Gasteiger partial charge < -0.3 is 39.9 Å². The van der Waals surface area contributed by atoms with E-state index in [0.29, 0.717) is 19.3 Å². The topological polar surface area (TPSA) is 210 Å². The Labute approximate surface area is 416 Å². The highest BCUT2D eigenvalue weighted by Crippen LogP contribution is 2.47. The minimum atomic E-state index is -5.14. The Morgan fingerprint density at radius 3 is 1.26 bits per heavy atom. The van der Waals surface area contributed by atoms with Gasteiger partial charge in [0.1, 0.15) is 43.2 Å². The van der Waals surface area contributed by atoms with E-state index in [1.807, 2.05) is 12.2 Å². The molecule has 69 heavy (non-hydrogen) atoms. The van der Waals surface area contributed by atoms with Crippen LogP contribution in [0, 0.1) is 0 Å². The molecule has 0 heterocycles. The smallest absolute Gasteiger partial charge is 0.462 e. The lowest BCUT2D eigenvalue weighted by Crippen LogP contribution is -2.64. The number of carbonyl (C=O) groups excluding carboxylic acids is 2. The highest BCUT2D eigenvalue weighted by molar-refractivity contribution is 7.47. The lowest BCUT2D eigenvalue weighted by molar-refractivity contribution is -0.220. The molecule has 0 bridgehead atoms. The fraction of sp³-hybridized carbons (Fsp3) is 0.745. The van der Waals surface area contributed by atoms with Crippen molar-refractivity contribution in [3.05, 3.63) is 72.9 Å². The van der Waals surface area contributed by atoms with Gasteiger partial charge in [-0.25, -0.2) is 4.57 Å². The van der Waals surface area contributed by atoms with Gasteiger partial charge in [0.05, 0.1) is 6.61 Å². The molecule has 0 saturated heterocycles. The summed E-state index contributed by atoms with van der Waals surface area (Å²) in [5.41, 5.74) is 0. The van der Waals surface area contributed by atoms with Crippen molar-refractivity contribution >= 4 is 19.8 Å². The quantitative estimate of drug-likeness (QED) is 0.0145. The number of phosphoric acid groups is 1. The fourth-order valence-corrected chi connectivity index (χ4v) is 8.69. The molecule has 1 aliphatic carbocycles. The van der Waals surface area contributed by atoms with Gasteiger partial charge >= 0.3 is 19.8 Å². The highest BCUT2D eigenvalue weighted by Gasteiger charge is 2.51. The third-order valence-electron chi connectivity index (χ3n) is 12.0. The Balaban J connectivity index is 2.44. The van der Waals surface area contributed by atoms with E-state index < -0.39 is 75.7 Å². The molecule has 0 aromatic carbocycles. The van der Waals surface area contributed by atoms with Crippen LogP contribution in [0.1, 0.15) is 206 Å². The monoisotopic (exact) mass is 995 g/mol. The molecule has 1 fully saturated rings. The summed E-state index contributed by atoms with van der Waals surface area (Å²) in [6, 6.07) is 0. The molecule has 1 aliphatic rings. The van der Waals surface area contributed by atoms with Crippen molar-refractivity contribution in [2.75, 3.05) is 13.2 Å². The summed E-state index contributed by atoms with van der Waals surface area (Å²) >= 11 is 0. The maximum atomic E-state index is 12.9. The molecule has 1 saturated carbocycles. The summed E-state index contributed by atoms with van der Waals surface area (Å²) in [4.78, 5) is 35.9. The van der Waals surface area contributed by atoms with Crippen LogP contribution in [-0.2, 0) is 32.7 Å². The first-order valence-electron chi connectivity index (χ1n) is 26.7. The van der Waals surface area contributed by atoms with E-state index in [9.17, 15) is 44.6 Å². The zero-order chi connectivity index (χ0) is 50.6. The van der Waals surface area contributed by atoms with Crippen LogP contribution in [0.4, 0.5) is 0 Å². The fourth-order valence-electron chi connectivity index (χ4n) is 7.72. The predicted octanol–water partition coefficient (Wildman–Crippen LogP) is 11.8. The van der Waals surface area contributed by atoms with Gasteiger partial charge in [-0.2, -0.15) is 0 Å². The molecule has 398 valence electrons. The molecular formula is C55H95O13P. The Morgan fingerprint density at radius 1 is 0.449 bits per heavy atom. The van der Waals surface area contributed by atoms with E-state index in [-0.39, 0.29) is 12.8 Å². The van der Waals surface area contributed by atoms with Crippen LogP contribution in [0.5, 0.6) is 0 Å². The lowest BCUT2D eigenvalue weighted by atomic mass is 9.85. The number of unbranched alkanes of at least 4 members (excludes halogenated alkanes) is 20. The number of rotatable bonds is 44. The number of esters is 2. The van der Waals surface area contributed by atoms with Crippen LogP contribution in [0.3, 0.4) is 0 Å². The molecule has 0 spiro atoms. The average Bonchev–Trinajstić information content (AvgIpc) is 3.33. The van der Waals surface area contributed by atoms with Crippen molar-refractivity contribution in [3.8, 4) is 0 Å². The van der Waals surface area contributed by atoms with Crippen molar-refractivity contribution < 1.29 is 63.1 Å². The van der Waals surface area contributed by atoms with Crippen molar-refractivity contribution in [1.82, 2.24) is 0 Å². The van der Waals surface area contributed by atoms with E-state index in [4.69, 9.17) is 18.5 Å². The molecule has 6 unspecified atom stereocenters. The summed E-state index contributed by atoms with van der Waals surface area (Å²) in [5.74, 6) is -1.17. The molecular weight excluding hydrogens is 900 g/mol. The maximum Gasteiger partial charge on any atom is 0.472 e. The molecule has 0 radical (unpaired) electrons. The van der Waals surface area contributed by atoms with Crippen molar-refractivity contribution in [2.45, 2.75) is 249 Å². The van der Waals surface area contributed by atoms with Gasteiger partial charge in [0, 0.05) is 12.8 Å². The molecule has 0 aromatic heterocycles. The van der Waals surface area contributed by atoms with Crippen LogP contribution >= 0.6 is 7.82 Å². The number of ether oxygens (including phenoxy) is 2. The number of phosphoric ester groups is 1. The highest BCUT2D eigenvalue weighted by atomic mass is 31.2. The van der Waals surface area contributed by atoms with Gasteiger partial charge in [-0.05, 0) is 83.5 Å². The lowest BCUT2D eigenvalue weighted by Gasteiger charge is -2.41. The molecule has 0 aromatic rings. The van der Waals surface area contributed by atoms with Crippen LogP contribution in [0.2, 0.25) is 0 Å². The second-order valence-electron chi connectivity index (χ2n) is 18.4. The maximum absolute atomic E-state index is 12.9. The third-order valence-corrected chi connectivity index (χ3v) is 13.0. The molecule has 0 amide bonds. The van der Waals surface area contributed by atoms with Crippen LogP contribution in [0.25, 0.3) is 0 Å². The van der Waals surface area contributed by atoms with Gasteiger partial charge in [-0.3, -0.25) is 18.6 Å². The van der Waals surface area contributed by atoms with Gasteiger partial charge in [0.25, 0.3) is 0 Å². The Morgan fingerprint density at radius 2 is 0.797 bits per heavy atom. The Kier molecular flexibility index (Phi) is 41.0. The predicted molar refractivity (Wildman–Crippen MR) is 276 cm³/mol. The SMILES string of the molecule is CCCCC/C=C/C/C=C/CCCCCCCCCCCC(=O)OC[C@H](COP(=O)(O)OC1C(O)C(O)C(O)[C@@H](O)C1O)OC(=O)CCC/C=C/C/C=C/C/C=C/C/C=C/CCCCCCCCC. The normalized spacial score (nSPS) is 21.4. The largest absolute Gasteiger partial charge is 0.472 e. The molecule has 8 atom stereocenters. The van der Waals surface area contributed by atoms with Gasteiger partial charge in [-0.15, -0.1) is 0 Å². The summed E-state index contributed by atoms with van der Waals surface area (Å²) in [5, 5.41) is 50.3. The number of carbonyl (C=O) groups is 2. The van der Waals surface area contributed by atoms with E-state index in [1.165, 1.54) is 96.3 Å². The molecule has 13 nitrogen and oxygen atoms in total. The number of hydrogen-bond donors (Lipinski definition) is 6. The number of hydrogen-bond acceptors (Lipinski definition) is 12. The molecule has 1 rings (SSSR count). The Bertz CT molecular complexity index is 1480. The van der Waals surface area contributed by atoms with Gasteiger partial charge in [-0.1, -0.05) is 183 Å².